The van der Waals surface area contributed by atoms with Gasteiger partial charge in [-0.15, -0.1) is 0 Å². The Morgan fingerprint density at radius 2 is 2.11 bits per heavy atom. The Labute approximate surface area is 111 Å². The van der Waals surface area contributed by atoms with Crippen LogP contribution in [-0.2, 0) is 0 Å². The van der Waals surface area contributed by atoms with Crippen LogP contribution < -0.4 is 10.2 Å². The zero-order valence-corrected chi connectivity index (χ0v) is 11.6. The topological polar surface area (TPSA) is 28.2 Å². The fourth-order valence-corrected chi connectivity index (χ4v) is 2.63. The summed E-state index contributed by atoms with van der Waals surface area (Å²) in [5.74, 6) is 0.725. The molecule has 18 heavy (non-hydrogen) atoms. The van der Waals surface area contributed by atoms with Crippen molar-refractivity contribution >= 4 is 5.69 Å². The van der Waals surface area contributed by atoms with Gasteiger partial charge in [0.2, 0.25) is 0 Å². The molecular formula is C15H25N3. The van der Waals surface area contributed by atoms with Crippen LogP contribution in [0.25, 0.3) is 0 Å². The number of piperidine rings is 1. The van der Waals surface area contributed by atoms with E-state index in [4.69, 9.17) is 0 Å². The van der Waals surface area contributed by atoms with E-state index in [9.17, 15) is 0 Å². The maximum absolute atomic E-state index is 4.11. The summed E-state index contributed by atoms with van der Waals surface area (Å²) in [6.07, 6.45) is 7.75. The van der Waals surface area contributed by atoms with Crippen LogP contribution in [0.1, 0.15) is 33.1 Å². The van der Waals surface area contributed by atoms with Gasteiger partial charge in [0.15, 0.2) is 0 Å². The van der Waals surface area contributed by atoms with E-state index in [-0.39, 0.29) is 0 Å². The SMILES string of the molecule is CC(C)CNCC1CCCCN1c1ccncc1. The molecule has 1 fully saturated rings. The first kappa shape index (κ1) is 13.3. The van der Waals surface area contributed by atoms with Crippen LogP contribution >= 0.6 is 0 Å². The second-order valence-electron chi connectivity index (χ2n) is 5.60. The lowest BCUT2D eigenvalue weighted by atomic mass is 10.0. The number of hydrogen-bond donors (Lipinski definition) is 1. The van der Waals surface area contributed by atoms with E-state index in [0.29, 0.717) is 6.04 Å². The minimum atomic E-state index is 0.639. The Balaban J connectivity index is 1.94. The predicted molar refractivity (Wildman–Crippen MR) is 76.9 cm³/mol. The first-order valence-electron chi connectivity index (χ1n) is 7.15. The fraction of sp³-hybridized carbons (Fsp3) is 0.667. The zero-order valence-electron chi connectivity index (χ0n) is 11.6. The molecule has 1 aliphatic rings. The highest BCUT2D eigenvalue weighted by Crippen LogP contribution is 2.23. The second-order valence-corrected chi connectivity index (χ2v) is 5.60. The Hall–Kier alpha value is -1.09. The van der Waals surface area contributed by atoms with E-state index < -0.39 is 0 Å². The molecule has 0 aliphatic carbocycles. The number of hydrogen-bond acceptors (Lipinski definition) is 3. The summed E-state index contributed by atoms with van der Waals surface area (Å²) in [4.78, 5) is 6.65. The van der Waals surface area contributed by atoms with Gasteiger partial charge >= 0.3 is 0 Å². The van der Waals surface area contributed by atoms with Gasteiger partial charge in [-0.2, -0.15) is 0 Å². The molecule has 1 unspecified atom stereocenters. The Kier molecular flexibility index (Phi) is 5.00. The van der Waals surface area contributed by atoms with E-state index in [0.717, 1.165) is 19.0 Å². The maximum Gasteiger partial charge on any atom is 0.0414 e. The van der Waals surface area contributed by atoms with Gasteiger partial charge < -0.3 is 10.2 Å². The number of rotatable bonds is 5. The smallest absolute Gasteiger partial charge is 0.0414 e. The molecule has 3 nitrogen and oxygen atoms in total. The molecule has 1 saturated heterocycles. The Morgan fingerprint density at radius 3 is 2.83 bits per heavy atom. The molecule has 3 heteroatoms. The van der Waals surface area contributed by atoms with Crippen molar-refractivity contribution in [3.8, 4) is 0 Å². The van der Waals surface area contributed by atoms with E-state index >= 15 is 0 Å². The minimum Gasteiger partial charge on any atom is -0.367 e. The molecule has 100 valence electrons. The van der Waals surface area contributed by atoms with Crippen LogP contribution in [0, 0.1) is 5.92 Å². The van der Waals surface area contributed by atoms with Crippen LogP contribution in [0.2, 0.25) is 0 Å². The molecule has 2 rings (SSSR count). The van der Waals surface area contributed by atoms with Crippen molar-refractivity contribution in [3.05, 3.63) is 24.5 Å². The molecule has 0 radical (unpaired) electrons. The van der Waals surface area contributed by atoms with Crippen LogP contribution in [0.15, 0.2) is 24.5 Å². The van der Waals surface area contributed by atoms with Crippen LogP contribution in [0.3, 0.4) is 0 Å². The van der Waals surface area contributed by atoms with E-state index in [1.54, 1.807) is 0 Å². The summed E-state index contributed by atoms with van der Waals surface area (Å²) >= 11 is 0. The molecule has 0 saturated carbocycles. The van der Waals surface area contributed by atoms with Gasteiger partial charge in [-0.25, -0.2) is 0 Å². The molecule has 0 bridgehead atoms. The van der Waals surface area contributed by atoms with Gasteiger partial charge in [0, 0.05) is 37.2 Å². The van der Waals surface area contributed by atoms with Crippen molar-refractivity contribution in [1.82, 2.24) is 10.3 Å². The molecule has 0 aromatic carbocycles. The summed E-state index contributed by atoms with van der Waals surface area (Å²) in [7, 11) is 0. The Bertz CT molecular complexity index is 337. The summed E-state index contributed by atoms with van der Waals surface area (Å²) < 4.78 is 0. The highest BCUT2D eigenvalue weighted by atomic mass is 15.2. The van der Waals surface area contributed by atoms with Crippen molar-refractivity contribution in [2.75, 3.05) is 24.5 Å². The number of nitrogens with one attached hydrogen (secondary N) is 1. The summed E-state index contributed by atoms with van der Waals surface area (Å²) in [5.41, 5.74) is 1.32. The van der Waals surface area contributed by atoms with Gasteiger partial charge in [0.1, 0.15) is 0 Å². The average molecular weight is 247 g/mol. The molecule has 0 amide bonds. The highest BCUT2D eigenvalue weighted by molar-refractivity contribution is 5.46. The van der Waals surface area contributed by atoms with Gasteiger partial charge in [0.05, 0.1) is 0 Å². The predicted octanol–water partition coefficient (Wildman–Crippen LogP) is 2.69. The lowest BCUT2D eigenvalue weighted by Crippen LogP contribution is -2.46. The molecule has 1 aromatic rings. The lowest BCUT2D eigenvalue weighted by molar-refractivity contribution is 0.423. The quantitative estimate of drug-likeness (QED) is 0.867. The molecule has 1 N–H and O–H groups in total. The molecule has 1 atom stereocenters. The van der Waals surface area contributed by atoms with Crippen LogP contribution in [0.4, 0.5) is 5.69 Å². The third kappa shape index (κ3) is 3.70. The lowest BCUT2D eigenvalue weighted by Gasteiger charge is -2.37. The number of pyridine rings is 1. The van der Waals surface area contributed by atoms with Gasteiger partial charge in [-0.05, 0) is 43.9 Å². The van der Waals surface area contributed by atoms with Gasteiger partial charge in [-0.1, -0.05) is 13.8 Å². The van der Waals surface area contributed by atoms with Crippen molar-refractivity contribution in [2.45, 2.75) is 39.2 Å². The van der Waals surface area contributed by atoms with Crippen molar-refractivity contribution in [2.24, 2.45) is 5.92 Å². The van der Waals surface area contributed by atoms with Crippen LogP contribution in [0.5, 0.6) is 0 Å². The number of aromatic nitrogens is 1. The van der Waals surface area contributed by atoms with E-state index in [1.165, 1.54) is 31.5 Å². The molecular weight excluding hydrogens is 222 g/mol. The van der Waals surface area contributed by atoms with Gasteiger partial charge in [0.25, 0.3) is 0 Å². The largest absolute Gasteiger partial charge is 0.367 e. The first-order chi connectivity index (χ1) is 8.77. The number of anilines is 1. The second kappa shape index (κ2) is 6.74. The summed E-state index contributed by atoms with van der Waals surface area (Å²) in [6.45, 7) is 7.90. The summed E-state index contributed by atoms with van der Waals surface area (Å²) in [5, 5.41) is 3.60. The normalized spacial score (nSPS) is 20.4. The van der Waals surface area contributed by atoms with E-state index in [1.807, 2.05) is 12.4 Å². The van der Waals surface area contributed by atoms with E-state index in [2.05, 4.69) is 41.2 Å². The Morgan fingerprint density at radius 1 is 1.33 bits per heavy atom. The molecule has 1 aliphatic heterocycles. The maximum atomic E-state index is 4.11. The third-order valence-corrected chi connectivity index (χ3v) is 3.55. The van der Waals surface area contributed by atoms with Gasteiger partial charge in [-0.3, -0.25) is 4.98 Å². The molecule has 2 heterocycles. The third-order valence-electron chi connectivity index (χ3n) is 3.55. The highest BCUT2D eigenvalue weighted by Gasteiger charge is 2.22. The number of nitrogens with zero attached hydrogens (tertiary/aromatic N) is 2. The van der Waals surface area contributed by atoms with Crippen LogP contribution in [-0.4, -0.2) is 30.7 Å². The average Bonchev–Trinajstić information content (AvgIpc) is 2.40. The van der Waals surface area contributed by atoms with Crippen molar-refractivity contribution < 1.29 is 0 Å². The van der Waals surface area contributed by atoms with Crippen molar-refractivity contribution in [1.29, 1.82) is 0 Å². The standard InChI is InChI=1S/C15H25N3/c1-13(2)11-17-12-15-5-3-4-10-18(15)14-6-8-16-9-7-14/h6-9,13,15,17H,3-5,10-12H2,1-2H3. The monoisotopic (exact) mass is 247 g/mol. The molecule has 0 spiro atoms. The molecule has 1 aromatic heterocycles. The van der Waals surface area contributed by atoms with Crippen molar-refractivity contribution in [3.63, 3.8) is 0 Å². The zero-order chi connectivity index (χ0) is 12.8. The fourth-order valence-electron chi connectivity index (χ4n) is 2.63. The first-order valence-corrected chi connectivity index (χ1v) is 7.15. The summed E-state index contributed by atoms with van der Waals surface area (Å²) in [6, 6.07) is 4.89. The minimum absolute atomic E-state index is 0.639.